The van der Waals surface area contributed by atoms with E-state index in [1.54, 1.807) is 26.0 Å². The molecule has 0 fully saturated rings. The number of alkyl halides is 1. The predicted octanol–water partition coefficient (Wildman–Crippen LogP) is 4.47. The maximum Gasteiger partial charge on any atom is 0.194 e. The Bertz CT molecular complexity index is 783. The molecule has 1 atom stereocenters. The first kappa shape index (κ1) is 17.9. The standard InChI is InChI=1S/C18H19BrO3S/c1-3-18(19,23(21,22)4-2)17(20)16-12-10-15(11-13-16)14-8-6-5-7-9-14/h5-13H,3-4H2,1-2H3. The molecule has 2 aromatic rings. The van der Waals surface area contributed by atoms with E-state index in [0.29, 0.717) is 5.56 Å². The zero-order chi connectivity index (χ0) is 17.1. The van der Waals surface area contributed by atoms with Gasteiger partial charge in [0.15, 0.2) is 19.3 Å². The van der Waals surface area contributed by atoms with Crippen LogP contribution < -0.4 is 0 Å². The molecule has 0 aromatic heterocycles. The lowest BCUT2D eigenvalue weighted by molar-refractivity contribution is 0.0976. The monoisotopic (exact) mass is 394 g/mol. The number of hydrogen-bond donors (Lipinski definition) is 0. The van der Waals surface area contributed by atoms with Gasteiger partial charge in [0.2, 0.25) is 0 Å². The topological polar surface area (TPSA) is 51.2 Å². The number of halogens is 1. The molecule has 0 aliphatic heterocycles. The smallest absolute Gasteiger partial charge is 0.194 e. The van der Waals surface area contributed by atoms with Crippen molar-refractivity contribution in [3.63, 3.8) is 0 Å². The van der Waals surface area contributed by atoms with E-state index in [9.17, 15) is 13.2 Å². The van der Waals surface area contributed by atoms with Crippen molar-refractivity contribution in [2.24, 2.45) is 0 Å². The van der Waals surface area contributed by atoms with Gasteiger partial charge in [-0.15, -0.1) is 0 Å². The van der Waals surface area contributed by atoms with E-state index in [1.807, 2.05) is 42.5 Å². The number of Topliss-reactive ketones (excluding diaryl/α,β-unsaturated/α-hetero) is 1. The van der Waals surface area contributed by atoms with Crippen LogP contribution in [-0.2, 0) is 9.84 Å². The largest absolute Gasteiger partial charge is 0.291 e. The molecule has 3 nitrogen and oxygen atoms in total. The summed E-state index contributed by atoms with van der Waals surface area (Å²) in [5, 5.41) is 0. The fourth-order valence-corrected chi connectivity index (χ4v) is 4.62. The third-order valence-corrected chi connectivity index (χ3v) is 8.54. The number of benzene rings is 2. The van der Waals surface area contributed by atoms with Crippen molar-refractivity contribution in [1.82, 2.24) is 0 Å². The highest BCUT2D eigenvalue weighted by Crippen LogP contribution is 2.34. The fraction of sp³-hybridized carbons (Fsp3) is 0.278. The van der Waals surface area contributed by atoms with Crippen LogP contribution in [-0.4, -0.2) is 23.6 Å². The number of rotatable bonds is 6. The summed E-state index contributed by atoms with van der Waals surface area (Å²) in [6, 6.07) is 16.8. The molecule has 0 saturated carbocycles. The summed E-state index contributed by atoms with van der Waals surface area (Å²) in [7, 11) is -3.55. The van der Waals surface area contributed by atoms with Gasteiger partial charge in [0.05, 0.1) is 0 Å². The summed E-state index contributed by atoms with van der Waals surface area (Å²) < 4.78 is 23.0. The molecule has 0 aliphatic carbocycles. The molecule has 5 heteroatoms. The van der Waals surface area contributed by atoms with Crippen molar-refractivity contribution >= 4 is 31.6 Å². The van der Waals surface area contributed by atoms with Crippen molar-refractivity contribution in [2.45, 2.75) is 23.9 Å². The van der Waals surface area contributed by atoms with Crippen LogP contribution in [0, 0.1) is 0 Å². The molecule has 2 rings (SSSR count). The summed E-state index contributed by atoms with van der Waals surface area (Å²) in [6.07, 6.45) is 0.183. The average molecular weight is 395 g/mol. The number of carbonyl (C=O) groups excluding carboxylic acids is 1. The van der Waals surface area contributed by atoms with Gasteiger partial charge in [-0.1, -0.05) is 84.4 Å². The van der Waals surface area contributed by atoms with Gasteiger partial charge in [-0.25, -0.2) is 8.42 Å². The zero-order valence-electron chi connectivity index (χ0n) is 13.1. The molecular weight excluding hydrogens is 376 g/mol. The van der Waals surface area contributed by atoms with Crippen molar-refractivity contribution in [3.8, 4) is 11.1 Å². The summed E-state index contributed by atoms with van der Waals surface area (Å²) >= 11 is 3.19. The van der Waals surface area contributed by atoms with Gasteiger partial charge in [0.25, 0.3) is 0 Å². The first-order valence-electron chi connectivity index (χ1n) is 7.47. The van der Waals surface area contributed by atoms with Crippen LogP contribution in [0.1, 0.15) is 30.6 Å². The molecule has 0 N–H and O–H groups in total. The van der Waals surface area contributed by atoms with E-state index in [0.717, 1.165) is 11.1 Å². The van der Waals surface area contributed by atoms with Crippen LogP contribution in [0.3, 0.4) is 0 Å². The third-order valence-electron chi connectivity index (χ3n) is 3.92. The SMILES string of the molecule is CCC(Br)(C(=O)c1ccc(-c2ccccc2)cc1)S(=O)(=O)CC. The van der Waals surface area contributed by atoms with Crippen LogP contribution in [0.4, 0.5) is 0 Å². The van der Waals surface area contributed by atoms with E-state index in [4.69, 9.17) is 0 Å². The predicted molar refractivity (Wildman–Crippen MR) is 97.6 cm³/mol. The number of hydrogen-bond acceptors (Lipinski definition) is 3. The fourth-order valence-electron chi connectivity index (χ4n) is 2.41. The second-order valence-corrected chi connectivity index (χ2v) is 9.64. The Balaban J connectivity index is 2.37. The van der Waals surface area contributed by atoms with Crippen LogP contribution in [0.2, 0.25) is 0 Å². The molecule has 122 valence electrons. The first-order valence-corrected chi connectivity index (χ1v) is 9.91. The van der Waals surface area contributed by atoms with E-state index < -0.39 is 19.3 Å². The second-order valence-electron chi connectivity index (χ2n) is 5.26. The highest BCUT2D eigenvalue weighted by molar-refractivity contribution is 9.12. The molecule has 0 amide bonds. The average Bonchev–Trinajstić information content (AvgIpc) is 2.61. The molecule has 0 aliphatic rings. The molecule has 0 bridgehead atoms. The zero-order valence-corrected chi connectivity index (χ0v) is 15.5. The Morgan fingerprint density at radius 1 is 0.957 bits per heavy atom. The maximum absolute atomic E-state index is 12.7. The van der Waals surface area contributed by atoms with Crippen molar-refractivity contribution in [1.29, 1.82) is 0 Å². The molecular formula is C18H19BrO3S. The van der Waals surface area contributed by atoms with Crippen molar-refractivity contribution in [3.05, 3.63) is 60.2 Å². The highest BCUT2D eigenvalue weighted by Gasteiger charge is 2.45. The number of carbonyl (C=O) groups is 1. The normalized spacial score (nSPS) is 14.2. The molecule has 2 aromatic carbocycles. The molecule has 0 spiro atoms. The molecule has 0 radical (unpaired) electrons. The quantitative estimate of drug-likeness (QED) is 0.536. The Morgan fingerprint density at radius 3 is 1.96 bits per heavy atom. The van der Waals surface area contributed by atoms with Crippen molar-refractivity contribution < 1.29 is 13.2 Å². The summed E-state index contributed by atoms with van der Waals surface area (Å²) in [5.74, 6) is -0.499. The summed E-state index contributed by atoms with van der Waals surface area (Å²) in [6.45, 7) is 3.24. The van der Waals surface area contributed by atoms with E-state index in [1.165, 1.54) is 0 Å². The van der Waals surface area contributed by atoms with Crippen LogP contribution in [0.15, 0.2) is 54.6 Å². The Morgan fingerprint density at radius 2 is 1.48 bits per heavy atom. The lowest BCUT2D eigenvalue weighted by atomic mass is 10.0. The molecule has 23 heavy (non-hydrogen) atoms. The molecule has 0 saturated heterocycles. The lowest BCUT2D eigenvalue weighted by Crippen LogP contribution is -2.41. The number of sulfone groups is 1. The minimum atomic E-state index is -3.55. The van der Waals surface area contributed by atoms with E-state index in [2.05, 4.69) is 15.9 Å². The molecule has 0 heterocycles. The van der Waals surface area contributed by atoms with Gasteiger partial charge in [-0.2, -0.15) is 0 Å². The van der Waals surface area contributed by atoms with Gasteiger partial charge in [0, 0.05) is 11.3 Å². The maximum atomic E-state index is 12.7. The summed E-state index contributed by atoms with van der Waals surface area (Å²) in [5.41, 5.74) is 2.42. The van der Waals surface area contributed by atoms with Crippen LogP contribution in [0.5, 0.6) is 0 Å². The van der Waals surface area contributed by atoms with E-state index in [-0.39, 0.29) is 12.2 Å². The highest BCUT2D eigenvalue weighted by atomic mass is 79.9. The number of ketones is 1. The minimum absolute atomic E-state index is 0.0834. The Kier molecular flexibility index (Phi) is 5.42. The first-order chi connectivity index (χ1) is 10.9. The van der Waals surface area contributed by atoms with E-state index >= 15 is 0 Å². The Hall–Kier alpha value is -1.46. The lowest BCUT2D eigenvalue weighted by Gasteiger charge is -2.24. The summed E-state index contributed by atoms with van der Waals surface area (Å²) in [4.78, 5) is 12.7. The third kappa shape index (κ3) is 3.40. The van der Waals surface area contributed by atoms with Crippen molar-refractivity contribution in [2.75, 3.05) is 5.75 Å². The molecule has 1 unspecified atom stereocenters. The minimum Gasteiger partial charge on any atom is -0.291 e. The van der Waals surface area contributed by atoms with Gasteiger partial charge in [0.1, 0.15) is 0 Å². The van der Waals surface area contributed by atoms with Gasteiger partial charge < -0.3 is 0 Å². The Labute approximate surface area is 145 Å². The van der Waals surface area contributed by atoms with Gasteiger partial charge >= 0.3 is 0 Å². The van der Waals surface area contributed by atoms with Gasteiger partial charge in [-0.3, -0.25) is 4.79 Å². The van der Waals surface area contributed by atoms with Crippen LogP contribution >= 0.6 is 15.9 Å². The van der Waals surface area contributed by atoms with Crippen LogP contribution in [0.25, 0.3) is 11.1 Å². The second kappa shape index (κ2) is 6.97. The van der Waals surface area contributed by atoms with Gasteiger partial charge in [-0.05, 0) is 17.5 Å².